The Bertz CT molecular complexity index is 764. The van der Waals surface area contributed by atoms with Crippen LogP contribution in [0.3, 0.4) is 0 Å². The SMILES string of the molecule is N=C(N=C(N)N)NCc1ccc(C(=O)Nc2ccccc2N)cc1. The van der Waals surface area contributed by atoms with Crippen LogP contribution >= 0.6 is 0 Å². The molecule has 8 heteroatoms. The molecule has 9 N–H and O–H groups in total. The van der Waals surface area contributed by atoms with Crippen molar-refractivity contribution in [2.45, 2.75) is 6.54 Å². The van der Waals surface area contributed by atoms with Crippen molar-refractivity contribution in [2.75, 3.05) is 11.1 Å². The fourth-order valence-corrected chi connectivity index (χ4v) is 1.93. The number of guanidine groups is 2. The van der Waals surface area contributed by atoms with E-state index in [1.54, 1.807) is 48.5 Å². The highest BCUT2D eigenvalue weighted by atomic mass is 16.1. The van der Waals surface area contributed by atoms with E-state index < -0.39 is 0 Å². The van der Waals surface area contributed by atoms with Gasteiger partial charge in [0.1, 0.15) is 0 Å². The van der Waals surface area contributed by atoms with Gasteiger partial charge in [-0.3, -0.25) is 10.2 Å². The van der Waals surface area contributed by atoms with Gasteiger partial charge in [-0.15, -0.1) is 0 Å². The van der Waals surface area contributed by atoms with Crippen molar-refractivity contribution in [3.8, 4) is 0 Å². The molecule has 8 nitrogen and oxygen atoms in total. The second-order valence-corrected chi connectivity index (χ2v) is 4.98. The van der Waals surface area contributed by atoms with Crippen molar-refractivity contribution >= 4 is 29.2 Å². The van der Waals surface area contributed by atoms with Crippen molar-refractivity contribution in [1.82, 2.24) is 5.32 Å². The quantitative estimate of drug-likeness (QED) is 0.279. The van der Waals surface area contributed by atoms with Gasteiger partial charge in [-0.2, -0.15) is 4.99 Å². The lowest BCUT2D eigenvalue weighted by atomic mass is 10.1. The third kappa shape index (κ3) is 4.73. The molecule has 0 aliphatic heterocycles. The van der Waals surface area contributed by atoms with Crippen LogP contribution in [0.4, 0.5) is 11.4 Å². The Balaban J connectivity index is 1.96. The number of nitrogen functional groups attached to an aromatic ring is 1. The van der Waals surface area contributed by atoms with Gasteiger partial charge in [0.25, 0.3) is 5.91 Å². The summed E-state index contributed by atoms with van der Waals surface area (Å²) in [6.07, 6.45) is 0. The summed E-state index contributed by atoms with van der Waals surface area (Å²) in [5.74, 6) is -0.559. The number of aliphatic imine (C=N–C) groups is 1. The van der Waals surface area contributed by atoms with Crippen molar-refractivity contribution < 1.29 is 4.79 Å². The second-order valence-electron chi connectivity index (χ2n) is 4.98. The van der Waals surface area contributed by atoms with Gasteiger partial charge < -0.3 is 27.8 Å². The zero-order chi connectivity index (χ0) is 17.5. The third-order valence-corrected chi connectivity index (χ3v) is 3.13. The minimum atomic E-state index is -0.249. The first-order valence-electron chi connectivity index (χ1n) is 7.12. The zero-order valence-corrected chi connectivity index (χ0v) is 12.9. The Morgan fingerprint density at radius 1 is 1.08 bits per heavy atom. The van der Waals surface area contributed by atoms with Crippen LogP contribution in [0, 0.1) is 5.41 Å². The maximum absolute atomic E-state index is 12.2. The minimum absolute atomic E-state index is 0.128. The van der Waals surface area contributed by atoms with Crippen LogP contribution in [0.2, 0.25) is 0 Å². The molecule has 0 saturated carbocycles. The largest absolute Gasteiger partial charge is 0.397 e. The average molecular weight is 325 g/mol. The van der Waals surface area contributed by atoms with Crippen molar-refractivity contribution in [2.24, 2.45) is 16.5 Å². The monoisotopic (exact) mass is 325 g/mol. The summed E-state index contributed by atoms with van der Waals surface area (Å²) in [5.41, 5.74) is 18.6. The Morgan fingerprint density at radius 2 is 1.75 bits per heavy atom. The molecule has 0 fully saturated rings. The molecular weight excluding hydrogens is 306 g/mol. The molecule has 0 radical (unpaired) electrons. The smallest absolute Gasteiger partial charge is 0.255 e. The number of carbonyl (C=O) groups excluding carboxylic acids is 1. The molecule has 0 aliphatic rings. The number of para-hydroxylation sites is 2. The van der Waals surface area contributed by atoms with Crippen LogP contribution < -0.4 is 27.8 Å². The van der Waals surface area contributed by atoms with E-state index >= 15 is 0 Å². The summed E-state index contributed by atoms with van der Waals surface area (Å²) < 4.78 is 0. The maximum atomic E-state index is 12.2. The summed E-state index contributed by atoms with van der Waals surface area (Å²) in [6.45, 7) is 0.364. The topological polar surface area (TPSA) is 155 Å². The predicted molar refractivity (Wildman–Crippen MR) is 95.6 cm³/mol. The Hall–Kier alpha value is -3.55. The van der Waals surface area contributed by atoms with Crippen molar-refractivity contribution in [3.63, 3.8) is 0 Å². The van der Waals surface area contributed by atoms with Gasteiger partial charge in [-0.1, -0.05) is 24.3 Å². The predicted octanol–water partition coefficient (Wildman–Crippen LogP) is 0.819. The molecule has 2 aromatic rings. The molecule has 2 rings (SSSR count). The first-order chi connectivity index (χ1) is 11.5. The maximum Gasteiger partial charge on any atom is 0.255 e. The highest BCUT2D eigenvalue weighted by molar-refractivity contribution is 6.05. The van der Waals surface area contributed by atoms with Gasteiger partial charge >= 0.3 is 0 Å². The second kappa shape index (κ2) is 7.63. The average Bonchev–Trinajstić information content (AvgIpc) is 2.55. The number of benzene rings is 2. The van der Waals surface area contributed by atoms with Gasteiger partial charge in [0.2, 0.25) is 5.96 Å². The number of hydrogen-bond donors (Lipinski definition) is 6. The highest BCUT2D eigenvalue weighted by Gasteiger charge is 2.07. The van der Waals surface area contributed by atoms with Gasteiger partial charge in [0.15, 0.2) is 5.96 Å². The van der Waals surface area contributed by atoms with Crippen LogP contribution in [-0.2, 0) is 6.54 Å². The fraction of sp³-hybridized carbons (Fsp3) is 0.0625. The van der Waals surface area contributed by atoms with Crippen LogP contribution in [0.5, 0.6) is 0 Å². The number of carbonyl (C=O) groups is 1. The summed E-state index contributed by atoms with van der Waals surface area (Å²) >= 11 is 0. The third-order valence-electron chi connectivity index (χ3n) is 3.13. The van der Waals surface area contributed by atoms with E-state index in [2.05, 4.69) is 15.6 Å². The zero-order valence-electron chi connectivity index (χ0n) is 12.9. The number of rotatable bonds is 4. The Kier molecular flexibility index (Phi) is 5.35. The molecule has 0 aromatic heterocycles. The van der Waals surface area contributed by atoms with E-state index in [1.165, 1.54) is 0 Å². The summed E-state index contributed by atoms with van der Waals surface area (Å²) in [7, 11) is 0. The first-order valence-corrected chi connectivity index (χ1v) is 7.12. The molecule has 0 bridgehead atoms. The normalized spacial score (nSPS) is 9.83. The van der Waals surface area contributed by atoms with Crippen LogP contribution in [-0.4, -0.2) is 17.8 Å². The molecule has 0 spiro atoms. The fourth-order valence-electron chi connectivity index (χ4n) is 1.93. The van der Waals surface area contributed by atoms with E-state index in [9.17, 15) is 4.79 Å². The van der Waals surface area contributed by atoms with E-state index in [0.29, 0.717) is 23.5 Å². The number of amides is 1. The minimum Gasteiger partial charge on any atom is -0.397 e. The van der Waals surface area contributed by atoms with E-state index in [0.717, 1.165) is 5.56 Å². The van der Waals surface area contributed by atoms with Crippen LogP contribution in [0.25, 0.3) is 0 Å². The van der Waals surface area contributed by atoms with Crippen LogP contribution in [0.1, 0.15) is 15.9 Å². The molecule has 0 saturated heterocycles. The molecule has 2 aromatic carbocycles. The number of nitrogens with one attached hydrogen (secondary N) is 3. The number of nitrogens with zero attached hydrogens (tertiary/aromatic N) is 1. The van der Waals surface area contributed by atoms with Crippen LogP contribution in [0.15, 0.2) is 53.5 Å². The lowest BCUT2D eigenvalue weighted by Crippen LogP contribution is -2.28. The lowest BCUT2D eigenvalue weighted by molar-refractivity contribution is 0.102. The van der Waals surface area contributed by atoms with Crippen molar-refractivity contribution in [1.29, 1.82) is 5.41 Å². The van der Waals surface area contributed by atoms with Crippen molar-refractivity contribution in [3.05, 3.63) is 59.7 Å². The molecule has 124 valence electrons. The van der Waals surface area contributed by atoms with E-state index in [1.807, 2.05) is 0 Å². The van der Waals surface area contributed by atoms with Gasteiger partial charge in [-0.25, -0.2) is 0 Å². The highest BCUT2D eigenvalue weighted by Crippen LogP contribution is 2.18. The Labute approximate surface area is 139 Å². The summed E-state index contributed by atoms with van der Waals surface area (Å²) in [6, 6.07) is 14.0. The summed E-state index contributed by atoms with van der Waals surface area (Å²) in [4.78, 5) is 15.8. The van der Waals surface area contributed by atoms with Gasteiger partial charge in [0, 0.05) is 12.1 Å². The molecule has 0 atom stereocenters. The number of nitrogens with two attached hydrogens (primary N) is 3. The molecule has 24 heavy (non-hydrogen) atoms. The lowest BCUT2D eigenvalue weighted by Gasteiger charge is -2.09. The molecular formula is C16H19N7O. The van der Waals surface area contributed by atoms with E-state index in [-0.39, 0.29) is 17.8 Å². The van der Waals surface area contributed by atoms with E-state index in [4.69, 9.17) is 22.6 Å². The van der Waals surface area contributed by atoms with Gasteiger partial charge in [-0.05, 0) is 29.8 Å². The molecule has 1 amide bonds. The summed E-state index contributed by atoms with van der Waals surface area (Å²) in [5, 5.41) is 13.0. The molecule has 0 unspecified atom stereocenters. The molecule has 0 aliphatic carbocycles. The number of anilines is 2. The van der Waals surface area contributed by atoms with Gasteiger partial charge in [0.05, 0.1) is 11.4 Å². The molecule has 0 heterocycles. The number of hydrogen-bond acceptors (Lipinski definition) is 3. The first kappa shape index (κ1) is 16.8. The standard InChI is InChI=1S/C16H19N7O/c17-12-3-1-2-4-13(12)22-14(24)11-7-5-10(6-8-11)9-21-16(20)23-15(18)19/h1-8H,9,17H2,(H,22,24)(H6,18,19,20,21,23). The Morgan fingerprint density at radius 3 is 2.38 bits per heavy atom.